The molecule has 7 aromatic rings. The highest BCUT2D eigenvalue weighted by atomic mass is 32.1. The minimum absolute atomic E-state index is 0.0286. The summed E-state index contributed by atoms with van der Waals surface area (Å²) in [6, 6.07) is 46.9. The minimum Gasteiger partial charge on any atom is -0.311 e. The maximum absolute atomic E-state index is 2.82. The third kappa shape index (κ3) is 8.30. The Morgan fingerprint density at radius 3 is 1.35 bits per heavy atom. The normalized spacial score (nSPS) is 19.5. The molecule has 0 fully saturated rings. The van der Waals surface area contributed by atoms with Crippen molar-refractivity contribution in [2.45, 2.75) is 213 Å². The largest absolute Gasteiger partial charge is 0.311 e. The van der Waals surface area contributed by atoms with Crippen LogP contribution in [-0.4, -0.2) is 6.71 Å². The Morgan fingerprint density at radius 2 is 0.833 bits per heavy atom. The molecule has 0 unspecified atom stereocenters. The first-order chi connectivity index (χ1) is 36.6. The van der Waals surface area contributed by atoms with Crippen molar-refractivity contribution in [3.63, 3.8) is 0 Å². The van der Waals surface area contributed by atoms with E-state index in [4.69, 9.17) is 0 Å². The molecule has 1 aromatic heterocycles. The number of anilines is 9. The summed E-state index contributed by atoms with van der Waals surface area (Å²) in [6.45, 7) is 44.1. The first-order valence-corrected chi connectivity index (χ1v) is 30.8. The van der Waals surface area contributed by atoms with Crippen molar-refractivity contribution in [1.29, 1.82) is 0 Å². The van der Waals surface area contributed by atoms with E-state index in [-0.39, 0.29) is 39.2 Å². The molecule has 5 heteroatoms. The zero-order valence-electron chi connectivity index (χ0n) is 50.8. The van der Waals surface area contributed by atoms with Crippen molar-refractivity contribution in [2.24, 2.45) is 0 Å². The van der Waals surface area contributed by atoms with E-state index < -0.39 is 0 Å². The number of hydrogen-bond acceptors (Lipinski definition) is 4. The van der Waals surface area contributed by atoms with Crippen LogP contribution in [0.25, 0.3) is 0 Å². The van der Waals surface area contributed by atoms with Crippen molar-refractivity contribution in [3.8, 4) is 0 Å². The maximum atomic E-state index is 2.82. The number of benzene rings is 6. The molecule has 3 heterocycles. The summed E-state index contributed by atoms with van der Waals surface area (Å²) >= 11 is 2.16. The summed E-state index contributed by atoms with van der Waals surface area (Å²) < 4.78 is 1.51. The first-order valence-electron chi connectivity index (χ1n) is 30.0. The highest BCUT2D eigenvalue weighted by Gasteiger charge is 2.52. The quantitative estimate of drug-likeness (QED) is 0.140. The Labute approximate surface area is 475 Å². The summed E-state index contributed by atoms with van der Waals surface area (Å²) in [5.74, 6) is 1.29. The Balaban J connectivity index is 1.26. The molecule has 404 valence electrons. The predicted molar refractivity (Wildman–Crippen MR) is 341 cm³/mol. The van der Waals surface area contributed by atoms with Gasteiger partial charge >= 0.3 is 0 Å². The second-order valence-electron chi connectivity index (χ2n) is 29.6. The molecule has 0 spiro atoms. The van der Waals surface area contributed by atoms with Gasteiger partial charge in [-0.05, 0) is 211 Å². The molecule has 0 saturated heterocycles. The van der Waals surface area contributed by atoms with E-state index in [0.29, 0.717) is 17.8 Å². The number of rotatable bonds is 8. The van der Waals surface area contributed by atoms with E-state index in [1.807, 2.05) is 0 Å². The lowest BCUT2D eigenvalue weighted by Gasteiger charge is -2.48. The van der Waals surface area contributed by atoms with Gasteiger partial charge in [0.1, 0.15) is 0 Å². The maximum Gasteiger partial charge on any atom is 0.264 e. The van der Waals surface area contributed by atoms with Gasteiger partial charge in [0.15, 0.2) is 0 Å². The molecule has 0 N–H and O–H groups in total. The first kappa shape index (κ1) is 53.1. The molecule has 5 aliphatic rings. The van der Waals surface area contributed by atoms with Gasteiger partial charge in [-0.15, -0.1) is 0 Å². The third-order valence-corrected chi connectivity index (χ3v) is 21.9. The third-order valence-electron chi connectivity index (χ3n) is 20.3. The van der Waals surface area contributed by atoms with E-state index in [2.05, 4.69) is 266 Å². The molecule has 0 bridgehead atoms. The van der Waals surface area contributed by atoms with Crippen LogP contribution in [0.1, 0.15) is 230 Å². The standard InChI is InChI=1S/C73H88BN3S/c1-44(2)47-19-25-50(26-20-47)75(51-27-21-48(22-28-51)45(3)4)54-40-61-64-62(41-54)77(53-31-32-55-56(39-53)69(9,10)34-33-68(55,7)8)65-63-66(73(17,18)38-37-72(63,15)16)78-67(65)74(64)59-42-57-58(71(13,14)36-35-70(57,11)12)43-60(59)76(61)52-29-23-49(24-30-52)46(5)6/h19-32,39-46H,33-38H2,1-18H3. The van der Waals surface area contributed by atoms with Crippen LogP contribution in [0.4, 0.5) is 51.2 Å². The number of nitrogens with zero attached hydrogens (tertiary/aromatic N) is 3. The fourth-order valence-corrected chi connectivity index (χ4v) is 16.4. The molecule has 0 saturated carbocycles. The van der Waals surface area contributed by atoms with Gasteiger partial charge < -0.3 is 14.7 Å². The number of thiophene rings is 1. The van der Waals surface area contributed by atoms with Crippen LogP contribution in [0.2, 0.25) is 0 Å². The Hall–Kier alpha value is -5.52. The van der Waals surface area contributed by atoms with Crippen molar-refractivity contribution in [1.82, 2.24) is 0 Å². The molecule has 12 rings (SSSR count). The van der Waals surface area contributed by atoms with Gasteiger partial charge in [-0.2, -0.15) is 11.3 Å². The van der Waals surface area contributed by atoms with Crippen LogP contribution in [0.15, 0.2) is 115 Å². The van der Waals surface area contributed by atoms with Gasteiger partial charge in [0.05, 0.1) is 11.4 Å². The predicted octanol–water partition coefficient (Wildman–Crippen LogP) is 19.7. The molecule has 78 heavy (non-hydrogen) atoms. The Kier molecular flexibility index (Phi) is 12.3. The smallest absolute Gasteiger partial charge is 0.264 e. The van der Waals surface area contributed by atoms with Gasteiger partial charge in [0.25, 0.3) is 6.71 Å². The van der Waals surface area contributed by atoms with Crippen molar-refractivity contribution in [3.05, 3.63) is 165 Å². The van der Waals surface area contributed by atoms with Crippen LogP contribution in [-0.2, 0) is 32.5 Å². The van der Waals surface area contributed by atoms with E-state index in [1.54, 1.807) is 10.4 Å². The lowest BCUT2D eigenvalue weighted by Crippen LogP contribution is -2.61. The highest BCUT2D eigenvalue weighted by Crippen LogP contribution is 2.59. The molecule has 2 aliphatic heterocycles. The van der Waals surface area contributed by atoms with E-state index >= 15 is 0 Å². The lowest BCUT2D eigenvalue weighted by atomic mass is 9.35. The van der Waals surface area contributed by atoms with Gasteiger partial charge in [0.2, 0.25) is 0 Å². The number of fused-ring (bicyclic) bond motifs is 8. The van der Waals surface area contributed by atoms with Crippen molar-refractivity contribution >= 4 is 84.9 Å². The van der Waals surface area contributed by atoms with E-state index in [1.165, 1.54) is 138 Å². The molecule has 3 nitrogen and oxygen atoms in total. The summed E-state index contributed by atoms with van der Waals surface area (Å²) in [5.41, 5.74) is 26.0. The van der Waals surface area contributed by atoms with Crippen LogP contribution >= 0.6 is 11.3 Å². The van der Waals surface area contributed by atoms with E-state index in [0.717, 1.165) is 6.42 Å². The summed E-state index contributed by atoms with van der Waals surface area (Å²) in [7, 11) is 0. The highest BCUT2D eigenvalue weighted by molar-refractivity contribution is 7.29. The monoisotopic (exact) mass is 1050 g/mol. The zero-order chi connectivity index (χ0) is 55.6. The molecule has 0 atom stereocenters. The molecule has 0 radical (unpaired) electrons. The average Bonchev–Trinajstić information content (AvgIpc) is 3.06. The van der Waals surface area contributed by atoms with Crippen molar-refractivity contribution < 1.29 is 0 Å². The Bertz CT molecular complexity index is 3450. The molecular weight excluding hydrogens is 962 g/mol. The summed E-state index contributed by atoms with van der Waals surface area (Å²) in [6.07, 6.45) is 7.03. The molecule has 0 amide bonds. The zero-order valence-corrected chi connectivity index (χ0v) is 51.6. The fraction of sp³-hybridized carbons (Fsp3) is 0.452. The van der Waals surface area contributed by atoms with Crippen molar-refractivity contribution in [2.75, 3.05) is 14.7 Å². The second-order valence-corrected chi connectivity index (χ2v) is 30.6. The van der Waals surface area contributed by atoms with Gasteiger partial charge in [-0.25, -0.2) is 0 Å². The molecular formula is C73H88BN3S. The van der Waals surface area contributed by atoms with Crippen LogP contribution in [0.3, 0.4) is 0 Å². The lowest BCUT2D eigenvalue weighted by molar-refractivity contribution is 0.332. The second kappa shape index (κ2) is 18.0. The average molecular weight is 1050 g/mol. The molecule has 3 aliphatic carbocycles. The fourth-order valence-electron chi connectivity index (χ4n) is 14.7. The van der Waals surface area contributed by atoms with Crippen LogP contribution in [0, 0.1) is 0 Å². The van der Waals surface area contributed by atoms with Crippen LogP contribution in [0.5, 0.6) is 0 Å². The molecule has 6 aromatic carbocycles. The SMILES string of the molecule is CC(C)c1ccc(N(c2ccc(C(C)C)cc2)c2cc3c4c(c2)N(c2ccc5c(c2)C(C)(C)CCC5(C)C)c2c(sc5c2C(C)(C)CCC5(C)C)B4c2cc4c(cc2N3c2ccc(C(C)C)cc2)C(C)(C)CCC4(C)C)cc1. The van der Waals surface area contributed by atoms with E-state index in [9.17, 15) is 0 Å². The summed E-state index contributed by atoms with van der Waals surface area (Å²) in [4.78, 5) is 9.67. The Morgan fingerprint density at radius 1 is 0.410 bits per heavy atom. The topological polar surface area (TPSA) is 9.72 Å². The van der Waals surface area contributed by atoms with Gasteiger partial charge in [-0.1, -0.05) is 173 Å². The van der Waals surface area contributed by atoms with Gasteiger partial charge in [-0.3, -0.25) is 0 Å². The van der Waals surface area contributed by atoms with Gasteiger partial charge in [0, 0.05) is 49.5 Å². The van der Waals surface area contributed by atoms with Crippen LogP contribution < -0.4 is 30.4 Å². The summed E-state index contributed by atoms with van der Waals surface area (Å²) in [5, 5.41) is 0. The minimum atomic E-state index is -0.0352. The number of hydrogen-bond donors (Lipinski definition) is 0.